The summed E-state index contributed by atoms with van der Waals surface area (Å²) in [5, 5.41) is 0.703. The molecule has 1 N–H and O–H groups in total. The average molecular weight is 433 g/mol. The summed E-state index contributed by atoms with van der Waals surface area (Å²) in [5.74, 6) is 0.262. The van der Waals surface area contributed by atoms with Gasteiger partial charge in [-0.3, -0.25) is 4.79 Å². The van der Waals surface area contributed by atoms with Crippen LogP contribution in [0.5, 0.6) is 0 Å². The number of hydrogen-bond donors (Lipinski definition) is 1. The lowest BCUT2D eigenvalue weighted by Gasteiger charge is -2.33. The molecule has 1 aliphatic heterocycles. The number of nitrogens with zero attached hydrogens (tertiary/aromatic N) is 1. The summed E-state index contributed by atoms with van der Waals surface area (Å²) in [4.78, 5) is 14.9. The van der Waals surface area contributed by atoms with Crippen LogP contribution in [0, 0.1) is 5.92 Å². The van der Waals surface area contributed by atoms with Crippen molar-refractivity contribution in [1.82, 2.24) is 9.62 Å². The number of likely N-dealkylation sites (tertiary alicyclic amines) is 1. The fourth-order valence-electron chi connectivity index (χ4n) is 4.37. The Kier molecular flexibility index (Phi) is 5.69. The summed E-state index contributed by atoms with van der Waals surface area (Å²) in [6.45, 7) is 1.14. The van der Waals surface area contributed by atoms with E-state index in [1.54, 1.807) is 0 Å². The molecule has 29 heavy (non-hydrogen) atoms. The average Bonchev–Trinajstić information content (AvgIpc) is 3.47. The molecule has 2 fully saturated rings. The molecule has 2 aliphatic rings. The summed E-state index contributed by atoms with van der Waals surface area (Å²) < 4.78 is 25.7. The molecule has 0 bridgehead atoms. The summed E-state index contributed by atoms with van der Waals surface area (Å²) in [7, 11) is -3.27. The summed E-state index contributed by atoms with van der Waals surface area (Å²) in [6.07, 6.45) is 3.56. The molecule has 3 atom stereocenters. The molecular weight excluding hydrogens is 408 g/mol. The highest BCUT2D eigenvalue weighted by molar-refractivity contribution is 7.88. The Hall–Kier alpha value is -1.89. The van der Waals surface area contributed by atoms with Crippen LogP contribution in [0.3, 0.4) is 0 Å². The molecular formula is C22H25ClN2O3S. The van der Waals surface area contributed by atoms with Gasteiger partial charge in [0.05, 0.1) is 6.26 Å². The van der Waals surface area contributed by atoms with Crippen molar-refractivity contribution in [3.63, 3.8) is 0 Å². The Morgan fingerprint density at radius 1 is 1.10 bits per heavy atom. The number of rotatable bonds is 5. The zero-order valence-corrected chi connectivity index (χ0v) is 17.9. The smallest absolute Gasteiger partial charge is 0.226 e. The summed E-state index contributed by atoms with van der Waals surface area (Å²) in [5.41, 5.74) is 3.22. The molecule has 1 aliphatic carbocycles. The number of carbonyl (C=O) groups excluding carboxylic acids is 1. The Morgan fingerprint density at radius 2 is 1.79 bits per heavy atom. The minimum atomic E-state index is -3.27. The molecule has 1 saturated heterocycles. The highest BCUT2D eigenvalue weighted by Gasteiger charge is 2.47. The van der Waals surface area contributed by atoms with Crippen molar-refractivity contribution in [3.05, 3.63) is 59.1 Å². The van der Waals surface area contributed by atoms with Crippen LogP contribution in [0.25, 0.3) is 11.1 Å². The minimum absolute atomic E-state index is 0.0457. The Bertz CT molecular complexity index is 1020. The van der Waals surface area contributed by atoms with Crippen molar-refractivity contribution in [2.24, 2.45) is 5.92 Å². The van der Waals surface area contributed by atoms with Crippen LogP contribution in [0.1, 0.15) is 30.7 Å². The maximum atomic E-state index is 13.1. The molecule has 1 amide bonds. The van der Waals surface area contributed by atoms with Crippen molar-refractivity contribution < 1.29 is 13.2 Å². The summed E-state index contributed by atoms with van der Waals surface area (Å²) in [6, 6.07) is 15.7. The van der Waals surface area contributed by atoms with E-state index in [2.05, 4.69) is 16.9 Å². The molecule has 5 nitrogen and oxygen atoms in total. The molecule has 154 valence electrons. The van der Waals surface area contributed by atoms with Gasteiger partial charge < -0.3 is 4.90 Å². The second-order valence-electron chi connectivity index (χ2n) is 8.03. The van der Waals surface area contributed by atoms with Gasteiger partial charge in [0, 0.05) is 35.6 Å². The predicted octanol–water partition coefficient (Wildman–Crippen LogP) is 3.65. The van der Waals surface area contributed by atoms with Crippen molar-refractivity contribution in [1.29, 1.82) is 0 Å². The predicted molar refractivity (Wildman–Crippen MR) is 115 cm³/mol. The van der Waals surface area contributed by atoms with Crippen LogP contribution >= 0.6 is 11.6 Å². The molecule has 2 aromatic rings. The number of sulfonamides is 1. The maximum Gasteiger partial charge on any atom is 0.226 e. The zero-order chi connectivity index (χ0) is 20.6. The molecule has 1 heterocycles. The fraction of sp³-hybridized carbons (Fsp3) is 0.409. The van der Waals surface area contributed by atoms with E-state index in [1.807, 2.05) is 41.3 Å². The van der Waals surface area contributed by atoms with E-state index in [-0.39, 0.29) is 23.8 Å². The lowest BCUT2D eigenvalue weighted by Crippen LogP contribution is -2.49. The van der Waals surface area contributed by atoms with Crippen LogP contribution in [0.4, 0.5) is 0 Å². The quantitative estimate of drug-likeness (QED) is 0.784. The monoisotopic (exact) mass is 432 g/mol. The number of hydrogen-bond acceptors (Lipinski definition) is 3. The molecule has 7 heteroatoms. The first-order chi connectivity index (χ1) is 13.8. The third-order valence-corrected chi connectivity index (χ3v) is 6.84. The molecule has 0 spiro atoms. The van der Waals surface area contributed by atoms with E-state index in [0.29, 0.717) is 18.1 Å². The molecule has 0 radical (unpaired) electrons. The Labute approximate surface area is 177 Å². The van der Waals surface area contributed by atoms with Crippen LogP contribution < -0.4 is 4.72 Å². The van der Waals surface area contributed by atoms with E-state index >= 15 is 0 Å². The van der Waals surface area contributed by atoms with Crippen molar-refractivity contribution >= 4 is 27.5 Å². The van der Waals surface area contributed by atoms with E-state index in [0.717, 1.165) is 42.2 Å². The van der Waals surface area contributed by atoms with Crippen molar-refractivity contribution in [3.8, 4) is 11.1 Å². The van der Waals surface area contributed by atoms with Crippen LogP contribution in [0.2, 0.25) is 5.02 Å². The van der Waals surface area contributed by atoms with Gasteiger partial charge in [0.1, 0.15) is 0 Å². The van der Waals surface area contributed by atoms with Crippen LogP contribution in [0.15, 0.2) is 48.5 Å². The number of piperidine rings is 1. The first kappa shape index (κ1) is 20.4. The Morgan fingerprint density at radius 3 is 2.52 bits per heavy atom. The van der Waals surface area contributed by atoms with Gasteiger partial charge in [-0.2, -0.15) is 0 Å². The number of nitrogens with one attached hydrogen (secondary N) is 1. The molecule has 1 saturated carbocycles. The van der Waals surface area contributed by atoms with Gasteiger partial charge in [0.2, 0.25) is 15.9 Å². The number of halogens is 1. The first-order valence-corrected chi connectivity index (χ1v) is 12.2. The molecule has 2 aromatic carbocycles. The van der Waals surface area contributed by atoms with Gasteiger partial charge >= 0.3 is 0 Å². The minimum Gasteiger partial charge on any atom is -0.341 e. The van der Waals surface area contributed by atoms with Gasteiger partial charge in [-0.25, -0.2) is 13.1 Å². The number of benzene rings is 2. The van der Waals surface area contributed by atoms with Crippen molar-refractivity contribution in [2.45, 2.75) is 31.2 Å². The van der Waals surface area contributed by atoms with E-state index in [1.165, 1.54) is 0 Å². The molecule has 0 unspecified atom stereocenters. The van der Waals surface area contributed by atoms with E-state index in [9.17, 15) is 13.2 Å². The first-order valence-electron chi connectivity index (χ1n) is 9.93. The van der Waals surface area contributed by atoms with Gasteiger partial charge in [-0.15, -0.1) is 0 Å². The van der Waals surface area contributed by atoms with Gasteiger partial charge in [-0.1, -0.05) is 54.1 Å². The topological polar surface area (TPSA) is 66.5 Å². The van der Waals surface area contributed by atoms with Crippen molar-refractivity contribution in [2.75, 3.05) is 19.3 Å². The number of amides is 1. The van der Waals surface area contributed by atoms with Crippen LogP contribution in [-0.2, 0) is 14.8 Å². The third kappa shape index (κ3) is 4.65. The van der Waals surface area contributed by atoms with Gasteiger partial charge in [-0.05, 0) is 42.4 Å². The molecule has 4 rings (SSSR count). The third-order valence-electron chi connectivity index (χ3n) is 5.75. The van der Waals surface area contributed by atoms with Gasteiger partial charge in [0.15, 0.2) is 0 Å². The second-order valence-corrected chi connectivity index (χ2v) is 10.2. The van der Waals surface area contributed by atoms with E-state index in [4.69, 9.17) is 11.6 Å². The fourth-order valence-corrected chi connectivity index (χ4v) is 5.40. The number of carbonyl (C=O) groups is 1. The van der Waals surface area contributed by atoms with Gasteiger partial charge in [0.25, 0.3) is 0 Å². The molecule has 0 aromatic heterocycles. The van der Waals surface area contributed by atoms with Crippen LogP contribution in [-0.4, -0.2) is 44.6 Å². The lowest BCUT2D eigenvalue weighted by molar-refractivity contribution is -0.133. The SMILES string of the molecule is CS(=O)(=O)N[C@H]1CCCN(C(=O)[C@@H]2C[C@H]2c2ccccc2-c2ccccc2Cl)C1. The maximum absolute atomic E-state index is 13.1. The summed E-state index contributed by atoms with van der Waals surface area (Å²) >= 11 is 6.41. The lowest BCUT2D eigenvalue weighted by atomic mass is 9.95. The standard InChI is InChI=1S/C22H25ClN2O3S/c1-29(27,28)24-15-7-6-12-25(14-15)22(26)20-13-19(20)17-9-3-2-8-16(17)18-10-4-5-11-21(18)23/h2-5,8-11,15,19-20,24H,6-7,12-14H2,1H3/t15-,19-,20+/m0/s1. The normalized spacial score (nSPS) is 24.3. The van der Waals surface area contributed by atoms with E-state index < -0.39 is 10.0 Å². The Balaban J connectivity index is 1.49. The highest BCUT2D eigenvalue weighted by Crippen LogP contribution is 2.51. The zero-order valence-electron chi connectivity index (χ0n) is 16.3. The second kappa shape index (κ2) is 8.09. The highest BCUT2D eigenvalue weighted by atomic mass is 35.5. The largest absolute Gasteiger partial charge is 0.341 e.